The van der Waals surface area contributed by atoms with Gasteiger partial charge in [-0.25, -0.2) is 9.78 Å². The zero-order chi connectivity index (χ0) is 18.2. The van der Waals surface area contributed by atoms with Crippen molar-refractivity contribution in [2.45, 2.75) is 39.2 Å². The first-order chi connectivity index (χ1) is 12.1. The van der Waals surface area contributed by atoms with Gasteiger partial charge in [-0.1, -0.05) is 13.3 Å². The van der Waals surface area contributed by atoms with E-state index in [-0.39, 0.29) is 24.3 Å². The topological polar surface area (TPSA) is 88.8 Å². The van der Waals surface area contributed by atoms with Gasteiger partial charge < -0.3 is 20.3 Å². The summed E-state index contributed by atoms with van der Waals surface area (Å²) in [6.45, 7) is 7.02. The van der Waals surface area contributed by atoms with E-state index >= 15 is 0 Å². The molecule has 2 heterocycles. The van der Waals surface area contributed by atoms with E-state index in [0.29, 0.717) is 31.8 Å². The number of halogens is 1. The summed E-state index contributed by atoms with van der Waals surface area (Å²) in [5.74, 6) is 0.480. The van der Waals surface area contributed by atoms with E-state index in [0.717, 1.165) is 31.6 Å². The monoisotopic (exact) mass is 384 g/mol. The van der Waals surface area contributed by atoms with Crippen LogP contribution >= 0.6 is 12.4 Å². The lowest BCUT2D eigenvalue weighted by Crippen LogP contribution is -2.45. The van der Waals surface area contributed by atoms with Crippen LogP contribution in [0, 0.1) is 0 Å². The van der Waals surface area contributed by atoms with Crippen LogP contribution in [0.2, 0.25) is 0 Å². The molecule has 0 aromatic carbocycles. The quantitative estimate of drug-likeness (QED) is 0.753. The highest BCUT2D eigenvalue weighted by atomic mass is 35.5. The third-order valence-corrected chi connectivity index (χ3v) is 4.31. The van der Waals surface area contributed by atoms with Gasteiger partial charge in [-0.3, -0.25) is 4.79 Å². The molecule has 2 N–H and O–H groups in total. The Hall–Kier alpha value is -1.86. The average Bonchev–Trinajstić information content (AvgIpc) is 2.88. The molecule has 0 radical (unpaired) electrons. The summed E-state index contributed by atoms with van der Waals surface area (Å²) in [6.07, 6.45) is 4.03. The molecule has 7 nitrogen and oxygen atoms in total. The van der Waals surface area contributed by atoms with Crippen molar-refractivity contribution in [2.75, 3.05) is 37.7 Å². The Morgan fingerprint density at radius 2 is 2.00 bits per heavy atom. The Balaban J connectivity index is 0.00000338. The second-order valence-corrected chi connectivity index (χ2v) is 6.19. The molecule has 26 heavy (non-hydrogen) atoms. The summed E-state index contributed by atoms with van der Waals surface area (Å²) in [4.78, 5) is 32.4. The molecule has 1 aliphatic heterocycles. The molecule has 0 spiro atoms. The maximum atomic E-state index is 12.4. The maximum Gasteiger partial charge on any atom is 0.339 e. The van der Waals surface area contributed by atoms with Gasteiger partial charge in [0.05, 0.1) is 18.2 Å². The lowest BCUT2D eigenvalue weighted by molar-refractivity contribution is -0.132. The van der Waals surface area contributed by atoms with E-state index in [2.05, 4.69) is 9.88 Å². The zero-order valence-electron chi connectivity index (χ0n) is 15.5. The highest BCUT2D eigenvalue weighted by molar-refractivity contribution is 5.89. The van der Waals surface area contributed by atoms with Crippen molar-refractivity contribution in [1.29, 1.82) is 0 Å². The number of hydrogen-bond donors (Lipinski definition) is 1. The number of nitrogens with zero attached hydrogens (tertiary/aromatic N) is 3. The SMILES string of the molecule is CCCC(N)C(=O)N1CCCN(c2ccc(C(=O)OCC)cn2)CC1.Cl. The predicted molar refractivity (Wildman–Crippen MR) is 104 cm³/mol. The van der Waals surface area contributed by atoms with E-state index in [1.54, 1.807) is 13.0 Å². The second-order valence-electron chi connectivity index (χ2n) is 6.19. The van der Waals surface area contributed by atoms with Gasteiger partial charge in [-0.05, 0) is 31.9 Å². The van der Waals surface area contributed by atoms with Gasteiger partial charge in [0.15, 0.2) is 0 Å². The number of carbonyl (C=O) groups excluding carboxylic acids is 2. The number of ether oxygens (including phenoxy) is 1. The van der Waals surface area contributed by atoms with Gasteiger partial charge in [0.2, 0.25) is 5.91 Å². The third-order valence-electron chi connectivity index (χ3n) is 4.31. The molecule has 0 saturated carbocycles. The fraction of sp³-hybridized carbons (Fsp3) is 0.611. The van der Waals surface area contributed by atoms with Crippen LogP contribution in [0.5, 0.6) is 0 Å². The molecule has 8 heteroatoms. The minimum atomic E-state index is -0.404. The number of hydrogen-bond acceptors (Lipinski definition) is 6. The van der Waals surface area contributed by atoms with Crippen molar-refractivity contribution >= 4 is 30.1 Å². The Labute approximate surface area is 161 Å². The van der Waals surface area contributed by atoms with Crippen LogP contribution in [-0.2, 0) is 9.53 Å². The van der Waals surface area contributed by atoms with E-state index in [9.17, 15) is 9.59 Å². The Morgan fingerprint density at radius 1 is 1.23 bits per heavy atom. The van der Waals surface area contributed by atoms with Crippen LogP contribution in [0.3, 0.4) is 0 Å². The number of aromatic nitrogens is 1. The van der Waals surface area contributed by atoms with Gasteiger partial charge in [-0.15, -0.1) is 12.4 Å². The van der Waals surface area contributed by atoms with Gasteiger partial charge in [0, 0.05) is 32.4 Å². The normalized spacial score (nSPS) is 15.7. The molecule has 1 atom stereocenters. The minimum absolute atomic E-state index is 0. The number of rotatable bonds is 6. The van der Waals surface area contributed by atoms with Crippen molar-refractivity contribution in [3.8, 4) is 0 Å². The number of pyridine rings is 1. The van der Waals surface area contributed by atoms with E-state index in [4.69, 9.17) is 10.5 Å². The highest BCUT2D eigenvalue weighted by Gasteiger charge is 2.23. The van der Waals surface area contributed by atoms with Crippen LogP contribution in [0.1, 0.15) is 43.5 Å². The fourth-order valence-corrected chi connectivity index (χ4v) is 2.94. The molecule has 1 unspecified atom stereocenters. The number of carbonyl (C=O) groups is 2. The molecular weight excluding hydrogens is 356 g/mol. The first-order valence-corrected chi connectivity index (χ1v) is 8.99. The molecule has 1 aromatic rings. The Kier molecular flexibility index (Phi) is 9.37. The highest BCUT2D eigenvalue weighted by Crippen LogP contribution is 2.15. The summed E-state index contributed by atoms with van der Waals surface area (Å²) in [7, 11) is 0. The predicted octanol–water partition coefficient (Wildman–Crippen LogP) is 1.85. The minimum Gasteiger partial charge on any atom is -0.462 e. The zero-order valence-corrected chi connectivity index (χ0v) is 16.3. The molecule has 1 aliphatic rings. The van der Waals surface area contributed by atoms with Crippen LogP contribution < -0.4 is 10.6 Å². The number of anilines is 1. The van der Waals surface area contributed by atoms with Crippen molar-refractivity contribution in [3.05, 3.63) is 23.9 Å². The van der Waals surface area contributed by atoms with Gasteiger partial charge in [0.1, 0.15) is 5.82 Å². The Morgan fingerprint density at radius 3 is 2.62 bits per heavy atom. The fourth-order valence-electron chi connectivity index (χ4n) is 2.94. The molecule has 1 aromatic heterocycles. The lowest BCUT2D eigenvalue weighted by Gasteiger charge is -2.25. The molecule has 1 amide bonds. The summed E-state index contributed by atoms with van der Waals surface area (Å²) >= 11 is 0. The van der Waals surface area contributed by atoms with Crippen molar-refractivity contribution in [1.82, 2.24) is 9.88 Å². The smallest absolute Gasteiger partial charge is 0.339 e. The standard InChI is InChI=1S/C18H28N4O3.ClH/c1-3-6-15(19)17(23)22-10-5-9-21(11-12-22)16-8-7-14(13-20-16)18(24)25-4-2;/h7-8,13,15H,3-6,9-12,19H2,1-2H3;1H. The van der Waals surface area contributed by atoms with Gasteiger partial charge in [0.25, 0.3) is 0 Å². The summed E-state index contributed by atoms with van der Waals surface area (Å²) in [5, 5.41) is 0. The molecule has 0 bridgehead atoms. The summed E-state index contributed by atoms with van der Waals surface area (Å²) in [5.41, 5.74) is 6.41. The largest absolute Gasteiger partial charge is 0.462 e. The molecular formula is C18H29ClN4O3. The van der Waals surface area contributed by atoms with Crippen LogP contribution in [0.15, 0.2) is 18.3 Å². The number of amides is 1. The maximum absolute atomic E-state index is 12.4. The van der Waals surface area contributed by atoms with E-state index in [1.807, 2.05) is 17.9 Å². The van der Waals surface area contributed by atoms with Crippen molar-refractivity contribution in [3.63, 3.8) is 0 Å². The third kappa shape index (κ3) is 5.85. The molecule has 146 valence electrons. The summed E-state index contributed by atoms with van der Waals surface area (Å²) in [6, 6.07) is 3.15. The number of esters is 1. The van der Waals surface area contributed by atoms with Gasteiger partial charge >= 0.3 is 5.97 Å². The molecule has 0 aliphatic carbocycles. The van der Waals surface area contributed by atoms with Crippen LogP contribution in [0.4, 0.5) is 5.82 Å². The van der Waals surface area contributed by atoms with E-state index in [1.165, 1.54) is 6.20 Å². The lowest BCUT2D eigenvalue weighted by atomic mass is 10.1. The van der Waals surface area contributed by atoms with Crippen molar-refractivity contribution < 1.29 is 14.3 Å². The Bertz CT molecular complexity index is 582. The molecule has 1 saturated heterocycles. The van der Waals surface area contributed by atoms with E-state index < -0.39 is 6.04 Å². The second kappa shape index (κ2) is 11.0. The van der Waals surface area contributed by atoms with Crippen LogP contribution in [0.25, 0.3) is 0 Å². The average molecular weight is 385 g/mol. The molecule has 1 fully saturated rings. The van der Waals surface area contributed by atoms with Crippen LogP contribution in [-0.4, -0.2) is 60.6 Å². The first-order valence-electron chi connectivity index (χ1n) is 8.99. The van der Waals surface area contributed by atoms with Gasteiger partial charge in [-0.2, -0.15) is 0 Å². The molecule has 2 rings (SSSR count). The first kappa shape index (κ1) is 22.2. The number of nitrogens with two attached hydrogens (primary N) is 1. The van der Waals surface area contributed by atoms with Crippen molar-refractivity contribution in [2.24, 2.45) is 5.73 Å². The summed E-state index contributed by atoms with van der Waals surface area (Å²) < 4.78 is 4.97.